The Morgan fingerprint density at radius 2 is 2.04 bits per heavy atom. The Morgan fingerprint density at radius 3 is 2.75 bits per heavy atom. The summed E-state index contributed by atoms with van der Waals surface area (Å²) in [6.45, 7) is -0.494. The van der Waals surface area contributed by atoms with E-state index in [-0.39, 0.29) is 12.1 Å². The second kappa shape index (κ2) is 7.23. The molecular formula is C16H14ClN3O3S. The summed E-state index contributed by atoms with van der Waals surface area (Å²) < 4.78 is 1.35. The maximum absolute atomic E-state index is 12.7. The van der Waals surface area contributed by atoms with Crippen molar-refractivity contribution in [1.29, 1.82) is 0 Å². The number of aliphatic hydroxyl groups excluding tert-OH is 2. The van der Waals surface area contributed by atoms with E-state index in [1.54, 1.807) is 42.6 Å². The molecule has 0 saturated carbocycles. The molecule has 2 aromatic heterocycles. The molecule has 0 bridgehead atoms. The highest BCUT2D eigenvalue weighted by atomic mass is 35.5. The van der Waals surface area contributed by atoms with E-state index in [1.165, 1.54) is 15.9 Å². The van der Waals surface area contributed by atoms with E-state index in [2.05, 4.69) is 9.98 Å². The molecule has 124 valence electrons. The lowest BCUT2D eigenvalue weighted by Crippen LogP contribution is -2.37. The quantitative estimate of drug-likeness (QED) is 0.738. The Hall–Kier alpha value is -2.06. The molecule has 0 radical (unpaired) electrons. The van der Waals surface area contributed by atoms with Crippen LogP contribution in [-0.2, 0) is 6.54 Å². The van der Waals surface area contributed by atoms with Crippen molar-refractivity contribution in [2.75, 3.05) is 6.61 Å². The predicted octanol–water partition coefficient (Wildman–Crippen LogP) is 1.70. The second-order valence-corrected chi connectivity index (χ2v) is 6.47. The van der Waals surface area contributed by atoms with Crippen LogP contribution in [0.25, 0.3) is 10.2 Å². The Morgan fingerprint density at radius 1 is 1.29 bits per heavy atom. The highest BCUT2D eigenvalue weighted by Gasteiger charge is 2.11. The minimum Gasteiger partial charge on any atom is -0.394 e. The molecule has 6 nitrogen and oxygen atoms in total. The van der Waals surface area contributed by atoms with Gasteiger partial charge >= 0.3 is 0 Å². The summed E-state index contributed by atoms with van der Waals surface area (Å²) in [5, 5.41) is 19.9. The molecular weight excluding hydrogens is 350 g/mol. The molecule has 3 rings (SSSR count). The molecule has 0 spiro atoms. The zero-order chi connectivity index (χ0) is 17.1. The van der Waals surface area contributed by atoms with Crippen molar-refractivity contribution < 1.29 is 10.2 Å². The van der Waals surface area contributed by atoms with Crippen LogP contribution in [0.4, 0.5) is 5.69 Å². The maximum Gasteiger partial charge on any atom is 0.263 e. The Labute approximate surface area is 146 Å². The first-order valence-corrected chi connectivity index (χ1v) is 8.36. The molecule has 1 unspecified atom stereocenters. The number of hydrogen-bond donors (Lipinski definition) is 2. The third-order valence-electron chi connectivity index (χ3n) is 3.32. The average Bonchev–Trinajstić information content (AvgIpc) is 2.60. The van der Waals surface area contributed by atoms with Crippen LogP contribution in [0.1, 0.15) is 0 Å². The van der Waals surface area contributed by atoms with Gasteiger partial charge in [0, 0.05) is 11.2 Å². The minimum absolute atomic E-state index is 0.0525. The third-order valence-corrected chi connectivity index (χ3v) is 4.59. The van der Waals surface area contributed by atoms with E-state index < -0.39 is 12.7 Å². The van der Waals surface area contributed by atoms with Crippen LogP contribution in [0.3, 0.4) is 0 Å². The van der Waals surface area contributed by atoms with E-state index >= 15 is 0 Å². The first-order valence-electron chi connectivity index (χ1n) is 7.16. The standard InChI is InChI=1S/C16H14ClN3O3S/c17-10-3-5-11(6-4-10)19-16-20(8-12(22)9-21)15(23)13-2-1-7-18-14(13)24-16/h1-7,12,21-22H,8-9H2. The van der Waals surface area contributed by atoms with Crippen molar-refractivity contribution in [1.82, 2.24) is 9.55 Å². The van der Waals surface area contributed by atoms with Gasteiger partial charge in [-0.2, -0.15) is 0 Å². The number of aliphatic hydroxyl groups is 2. The van der Waals surface area contributed by atoms with Crippen LogP contribution < -0.4 is 10.4 Å². The van der Waals surface area contributed by atoms with Gasteiger partial charge in [-0.3, -0.25) is 9.36 Å². The predicted molar refractivity (Wildman–Crippen MR) is 93.6 cm³/mol. The van der Waals surface area contributed by atoms with Crippen LogP contribution in [-0.4, -0.2) is 32.5 Å². The second-order valence-electron chi connectivity index (χ2n) is 5.08. The fraction of sp³-hybridized carbons (Fsp3) is 0.188. The zero-order valence-electron chi connectivity index (χ0n) is 12.5. The molecule has 0 aliphatic carbocycles. The van der Waals surface area contributed by atoms with Crippen molar-refractivity contribution in [3.8, 4) is 0 Å². The van der Waals surface area contributed by atoms with Crippen LogP contribution >= 0.6 is 22.9 Å². The smallest absolute Gasteiger partial charge is 0.263 e. The summed E-state index contributed by atoms with van der Waals surface area (Å²) in [6, 6.07) is 10.2. The summed E-state index contributed by atoms with van der Waals surface area (Å²) in [6.07, 6.45) is 0.556. The van der Waals surface area contributed by atoms with Gasteiger partial charge in [-0.25, -0.2) is 9.98 Å². The summed E-state index contributed by atoms with van der Waals surface area (Å²) >= 11 is 7.11. The van der Waals surface area contributed by atoms with Gasteiger partial charge in [0.15, 0.2) is 4.80 Å². The fourth-order valence-corrected chi connectivity index (χ4v) is 3.24. The van der Waals surface area contributed by atoms with Crippen molar-refractivity contribution in [3.63, 3.8) is 0 Å². The van der Waals surface area contributed by atoms with Crippen molar-refractivity contribution >= 4 is 38.8 Å². The Bertz CT molecular complexity index is 982. The van der Waals surface area contributed by atoms with E-state index in [0.29, 0.717) is 25.7 Å². The Kier molecular flexibility index (Phi) is 5.06. The van der Waals surface area contributed by atoms with Crippen LogP contribution in [0, 0.1) is 0 Å². The first kappa shape index (κ1) is 16.8. The lowest BCUT2D eigenvalue weighted by molar-refractivity contribution is 0.0799. The zero-order valence-corrected chi connectivity index (χ0v) is 14.0. The number of benzene rings is 1. The fourth-order valence-electron chi connectivity index (χ4n) is 2.15. The van der Waals surface area contributed by atoms with Crippen molar-refractivity contribution in [2.45, 2.75) is 12.6 Å². The van der Waals surface area contributed by atoms with Gasteiger partial charge < -0.3 is 10.2 Å². The number of halogens is 1. The summed E-state index contributed by atoms with van der Waals surface area (Å²) in [5.41, 5.74) is 0.314. The van der Waals surface area contributed by atoms with E-state index in [1.807, 2.05) is 0 Å². The van der Waals surface area contributed by atoms with Crippen LogP contribution in [0.2, 0.25) is 5.02 Å². The molecule has 0 amide bonds. The van der Waals surface area contributed by atoms with E-state index in [9.17, 15) is 9.90 Å². The van der Waals surface area contributed by atoms with Gasteiger partial charge in [0.25, 0.3) is 5.56 Å². The number of nitrogens with zero attached hydrogens (tertiary/aromatic N) is 3. The van der Waals surface area contributed by atoms with Crippen molar-refractivity contribution in [3.05, 3.63) is 62.8 Å². The van der Waals surface area contributed by atoms with Crippen LogP contribution in [0.15, 0.2) is 52.4 Å². The van der Waals surface area contributed by atoms with Gasteiger partial charge in [-0.05, 0) is 36.4 Å². The van der Waals surface area contributed by atoms with E-state index in [4.69, 9.17) is 16.7 Å². The average molecular weight is 364 g/mol. The van der Waals surface area contributed by atoms with Crippen molar-refractivity contribution in [2.24, 2.45) is 4.99 Å². The molecule has 8 heteroatoms. The largest absolute Gasteiger partial charge is 0.394 e. The van der Waals surface area contributed by atoms with Gasteiger partial charge in [0.05, 0.1) is 30.3 Å². The molecule has 2 heterocycles. The molecule has 0 fully saturated rings. The van der Waals surface area contributed by atoms with Gasteiger partial charge in [-0.1, -0.05) is 22.9 Å². The SMILES string of the molecule is O=c1c2cccnc2sc(=Nc2ccc(Cl)cc2)n1CC(O)CO. The summed E-state index contributed by atoms with van der Waals surface area (Å²) in [7, 11) is 0. The molecule has 1 atom stereocenters. The van der Waals surface area contributed by atoms with Gasteiger partial charge in [0.1, 0.15) is 4.83 Å². The Balaban J connectivity index is 2.25. The molecule has 2 N–H and O–H groups in total. The number of fused-ring (bicyclic) bond motifs is 1. The van der Waals surface area contributed by atoms with Crippen LogP contribution in [0.5, 0.6) is 0 Å². The highest BCUT2D eigenvalue weighted by molar-refractivity contribution is 7.15. The van der Waals surface area contributed by atoms with Gasteiger partial charge in [0.2, 0.25) is 0 Å². The number of pyridine rings is 1. The maximum atomic E-state index is 12.7. The van der Waals surface area contributed by atoms with Gasteiger partial charge in [-0.15, -0.1) is 0 Å². The molecule has 0 aliphatic heterocycles. The summed E-state index contributed by atoms with van der Waals surface area (Å²) in [4.78, 5) is 22.3. The monoisotopic (exact) mass is 363 g/mol. The normalized spacial score (nSPS) is 13.4. The molecule has 24 heavy (non-hydrogen) atoms. The summed E-state index contributed by atoms with van der Waals surface area (Å²) in [5.74, 6) is 0. The number of aromatic nitrogens is 2. The van der Waals surface area contributed by atoms with E-state index in [0.717, 1.165) is 0 Å². The molecule has 1 aromatic carbocycles. The molecule has 0 aliphatic rings. The minimum atomic E-state index is -1.05. The highest BCUT2D eigenvalue weighted by Crippen LogP contribution is 2.16. The molecule has 3 aromatic rings. The molecule has 0 saturated heterocycles. The third kappa shape index (κ3) is 3.54. The number of hydrogen-bond acceptors (Lipinski definition) is 6. The lowest BCUT2D eigenvalue weighted by Gasteiger charge is -2.11. The number of rotatable bonds is 4. The topological polar surface area (TPSA) is 87.7 Å². The lowest BCUT2D eigenvalue weighted by atomic mass is 10.3. The first-order chi connectivity index (χ1) is 11.6.